The maximum atomic E-state index is 12.9. The zero-order valence-electron chi connectivity index (χ0n) is 16.5. The van der Waals surface area contributed by atoms with Crippen LogP contribution in [0.2, 0.25) is 0 Å². The van der Waals surface area contributed by atoms with Gasteiger partial charge in [-0.15, -0.1) is 12.4 Å². The fraction of sp³-hybridized carbons (Fsp3) is 0.632. The first-order valence-electron chi connectivity index (χ1n) is 9.40. The van der Waals surface area contributed by atoms with Crippen LogP contribution in [0.1, 0.15) is 37.8 Å². The molecule has 0 saturated carbocycles. The van der Waals surface area contributed by atoms with E-state index < -0.39 is 20.5 Å². The van der Waals surface area contributed by atoms with Crippen molar-refractivity contribution in [1.29, 1.82) is 0 Å². The molecule has 3 rings (SSSR count). The van der Waals surface area contributed by atoms with Gasteiger partial charge in [-0.3, -0.25) is 4.79 Å². The maximum Gasteiger partial charge on any atom is 0.241 e. The Morgan fingerprint density at radius 1 is 1.36 bits per heavy atom. The summed E-state index contributed by atoms with van der Waals surface area (Å²) >= 11 is 0. The summed E-state index contributed by atoms with van der Waals surface area (Å²) < 4.78 is 34.9. The predicted octanol–water partition coefficient (Wildman–Crippen LogP) is 1.61. The summed E-state index contributed by atoms with van der Waals surface area (Å²) in [6.07, 6.45) is 2.64. The smallest absolute Gasteiger partial charge is 0.241 e. The van der Waals surface area contributed by atoms with Crippen LogP contribution in [0.25, 0.3) is 0 Å². The van der Waals surface area contributed by atoms with Gasteiger partial charge >= 0.3 is 0 Å². The van der Waals surface area contributed by atoms with E-state index >= 15 is 0 Å². The van der Waals surface area contributed by atoms with Crippen molar-refractivity contribution in [3.63, 3.8) is 0 Å². The van der Waals surface area contributed by atoms with Crippen molar-refractivity contribution in [1.82, 2.24) is 10.6 Å². The molecule has 1 atom stereocenters. The number of hydrogen-bond donors (Lipinski definition) is 2. The minimum atomic E-state index is -3.54. The van der Waals surface area contributed by atoms with Crippen molar-refractivity contribution in [2.75, 3.05) is 26.0 Å². The number of ether oxygens (including phenoxy) is 2. The van der Waals surface area contributed by atoms with E-state index in [1.165, 1.54) is 0 Å². The van der Waals surface area contributed by atoms with Crippen LogP contribution in [0.15, 0.2) is 12.1 Å². The van der Waals surface area contributed by atoms with Gasteiger partial charge in [-0.2, -0.15) is 0 Å². The van der Waals surface area contributed by atoms with E-state index in [0.29, 0.717) is 25.4 Å². The number of hydrogen-bond acceptors (Lipinski definition) is 6. The van der Waals surface area contributed by atoms with Crippen molar-refractivity contribution in [3.05, 3.63) is 23.3 Å². The second-order valence-corrected chi connectivity index (χ2v) is 9.66. The Morgan fingerprint density at radius 2 is 2.04 bits per heavy atom. The molecular weight excluding hydrogens is 404 g/mol. The second-order valence-electron chi connectivity index (χ2n) is 7.33. The van der Waals surface area contributed by atoms with Crippen LogP contribution in [0.4, 0.5) is 0 Å². The van der Waals surface area contributed by atoms with Crippen LogP contribution in [0.5, 0.6) is 11.5 Å². The number of halogens is 1. The molecule has 1 fully saturated rings. The molecule has 1 amide bonds. The molecule has 9 heteroatoms. The largest absolute Gasteiger partial charge is 0.494 e. The molecule has 1 aromatic carbocycles. The maximum absolute atomic E-state index is 12.9. The highest BCUT2D eigenvalue weighted by molar-refractivity contribution is 7.92. The van der Waals surface area contributed by atoms with Crippen LogP contribution < -0.4 is 20.1 Å². The van der Waals surface area contributed by atoms with Gasteiger partial charge in [0.2, 0.25) is 5.91 Å². The third kappa shape index (κ3) is 4.39. The molecule has 158 valence electrons. The second kappa shape index (κ2) is 8.88. The summed E-state index contributed by atoms with van der Waals surface area (Å²) in [6, 6.07) is 3.85. The molecular formula is C19H29ClN2O5S. The standard InChI is InChI=1S/C19H28N2O5S.ClH/c1-4-25-16-10-14-9-13(2)26-17(14)11-15(16)12-21-18(22)19(27(3,23)24)5-7-20-8-6-19;/h10-11,13,20H,4-9,12H2,1-3H3,(H,21,22);1H. The predicted molar refractivity (Wildman–Crippen MR) is 110 cm³/mol. The molecule has 0 aromatic heterocycles. The summed E-state index contributed by atoms with van der Waals surface area (Å²) in [5.74, 6) is 1.06. The molecule has 28 heavy (non-hydrogen) atoms. The summed E-state index contributed by atoms with van der Waals surface area (Å²) in [5.41, 5.74) is 1.88. The number of nitrogens with one attached hydrogen (secondary N) is 2. The normalized spacial score (nSPS) is 20.5. The summed E-state index contributed by atoms with van der Waals surface area (Å²) in [6.45, 7) is 5.64. The van der Waals surface area contributed by atoms with E-state index in [4.69, 9.17) is 9.47 Å². The van der Waals surface area contributed by atoms with Crippen LogP contribution in [0.3, 0.4) is 0 Å². The van der Waals surface area contributed by atoms with E-state index in [-0.39, 0.29) is 37.9 Å². The number of carbonyl (C=O) groups excluding carboxylic acids is 1. The lowest BCUT2D eigenvalue weighted by molar-refractivity contribution is -0.124. The van der Waals surface area contributed by atoms with Gasteiger partial charge in [0.25, 0.3) is 0 Å². The SMILES string of the molecule is CCOc1cc2c(cc1CNC(=O)C1(S(C)(=O)=O)CCNCC1)OC(C)C2.Cl. The van der Waals surface area contributed by atoms with Gasteiger partial charge in [0.15, 0.2) is 14.6 Å². The number of benzene rings is 1. The van der Waals surface area contributed by atoms with Crippen LogP contribution in [-0.4, -0.2) is 51.1 Å². The lowest BCUT2D eigenvalue weighted by atomic mass is 9.95. The highest BCUT2D eigenvalue weighted by Crippen LogP contribution is 2.35. The van der Waals surface area contributed by atoms with Crippen molar-refractivity contribution in [2.24, 2.45) is 0 Å². The van der Waals surface area contributed by atoms with Crippen molar-refractivity contribution in [2.45, 2.75) is 50.5 Å². The van der Waals surface area contributed by atoms with Crippen molar-refractivity contribution in [3.8, 4) is 11.5 Å². The van der Waals surface area contributed by atoms with Crippen LogP contribution >= 0.6 is 12.4 Å². The van der Waals surface area contributed by atoms with E-state index in [0.717, 1.165) is 29.6 Å². The summed E-state index contributed by atoms with van der Waals surface area (Å²) in [7, 11) is -3.54. The third-order valence-electron chi connectivity index (χ3n) is 5.35. The molecule has 0 bridgehead atoms. The van der Waals surface area contributed by atoms with Gasteiger partial charge < -0.3 is 20.1 Å². The fourth-order valence-corrected chi connectivity index (χ4v) is 5.20. The van der Waals surface area contributed by atoms with Gasteiger partial charge in [0, 0.05) is 30.3 Å². The molecule has 0 aliphatic carbocycles. The molecule has 2 aliphatic rings. The molecule has 2 heterocycles. The Kier molecular flexibility index (Phi) is 7.22. The molecule has 0 spiro atoms. The first-order chi connectivity index (χ1) is 12.8. The Morgan fingerprint density at radius 3 is 2.64 bits per heavy atom. The Hall–Kier alpha value is -1.51. The minimum absolute atomic E-state index is 0. The van der Waals surface area contributed by atoms with Gasteiger partial charge in [0.1, 0.15) is 17.6 Å². The van der Waals surface area contributed by atoms with Crippen molar-refractivity contribution < 1.29 is 22.7 Å². The number of rotatable bonds is 6. The number of amides is 1. The Labute approximate surface area is 172 Å². The van der Waals surface area contributed by atoms with Crippen LogP contribution in [-0.2, 0) is 27.6 Å². The highest BCUT2D eigenvalue weighted by atomic mass is 35.5. The molecule has 2 aliphatic heterocycles. The first-order valence-corrected chi connectivity index (χ1v) is 11.3. The molecule has 2 N–H and O–H groups in total. The van der Waals surface area contributed by atoms with Gasteiger partial charge in [-0.25, -0.2) is 8.42 Å². The van der Waals surface area contributed by atoms with Gasteiger partial charge in [-0.05, 0) is 51.9 Å². The third-order valence-corrected chi connectivity index (χ3v) is 7.37. The topological polar surface area (TPSA) is 93.7 Å². The number of piperidine rings is 1. The summed E-state index contributed by atoms with van der Waals surface area (Å²) in [5, 5.41) is 5.95. The number of carbonyl (C=O) groups is 1. The quantitative estimate of drug-likeness (QED) is 0.709. The molecule has 1 unspecified atom stereocenters. The molecule has 1 saturated heterocycles. The van der Waals surface area contributed by atoms with Gasteiger partial charge in [-0.1, -0.05) is 0 Å². The first kappa shape index (κ1) is 22.8. The Bertz CT molecular complexity index is 822. The monoisotopic (exact) mass is 432 g/mol. The van der Waals surface area contributed by atoms with E-state index in [1.807, 2.05) is 26.0 Å². The number of sulfone groups is 1. The van der Waals surface area contributed by atoms with E-state index in [2.05, 4.69) is 10.6 Å². The minimum Gasteiger partial charge on any atom is -0.494 e. The Balaban J connectivity index is 0.00000280. The van der Waals surface area contributed by atoms with E-state index in [1.54, 1.807) is 0 Å². The van der Waals surface area contributed by atoms with E-state index in [9.17, 15) is 13.2 Å². The molecule has 0 radical (unpaired) electrons. The molecule has 7 nitrogen and oxygen atoms in total. The number of fused-ring (bicyclic) bond motifs is 1. The summed E-state index contributed by atoms with van der Waals surface area (Å²) in [4.78, 5) is 12.9. The average molecular weight is 433 g/mol. The fourth-order valence-electron chi connectivity index (χ4n) is 3.84. The average Bonchev–Trinajstić information content (AvgIpc) is 2.98. The highest BCUT2D eigenvalue weighted by Gasteiger charge is 2.48. The lowest BCUT2D eigenvalue weighted by Gasteiger charge is -2.34. The van der Waals surface area contributed by atoms with Crippen LogP contribution in [0, 0.1) is 0 Å². The lowest BCUT2D eigenvalue weighted by Crippen LogP contribution is -2.57. The van der Waals surface area contributed by atoms with Gasteiger partial charge in [0.05, 0.1) is 6.61 Å². The zero-order valence-corrected chi connectivity index (χ0v) is 18.2. The molecule has 1 aromatic rings. The van der Waals surface area contributed by atoms with Crippen molar-refractivity contribution >= 4 is 28.2 Å². The zero-order chi connectivity index (χ0) is 19.7.